The zero-order valence-corrected chi connectivity index (χ0v) is 9.59. The first-order valence-corrected chi connectivity index (χ1v) is 5.70. The van der Waals surface area contributed by atoms with Crippen molar-refractivity contribution >= 4 is 17.2 Å². The van der Waals surface area contributed by atoms with Gasteiger partial charge in [0.2, 0.25) is 0 Å². The van der Waals surface area contributed by atoms with E-state index < -0.39 is 0 Å². The lowest BCUT2D eigenvalue weighted by molar-refractivity contribution is 0.0851. The van der Waals surface area contributed by atoms with Crippen molar-refractivity contribution in [2.24, 2.45) is 11.7 Å². The predicted molar refractivity (Wildman–Crippen MR) is 62.2 cm³/mol. The zero-order valence-electron chi connectivity index (χ0n) is 8.78. The molecule has 82 valence electrons. The van der Waals surface area contributed by atoms with Gasteiger partial charge in [-0.05, 0) is 19.4 Å². The van der Waals surface area contributed by atoms with E-state index in [0.717, 1.165) is 19.5 Å². The second-order valence-corrected chi connectivity index (χ2v) is 4.60. The number of hydrogen-bond acceptors (Lipinski definition) is 3. The summed E-state index contributed by atoms with van der Waals surface area (Å²) in [5, 5.41) is 9.21. The van der Waals surface area contributed by atoms with E-state index in [1.165, 1.54) is 12.8 Å². The van der Waals surface area contributed by atoms with Crippen molar-refractivity contribution in [2.45, 2.75) is 32.2 Å². The van der Waals surface area contributed by atoms with Crippen LogP contribution in [0.4, 0.5) is 0 Å². The van der Waals surface area contributed by atoms with Gasteiger partial charge in [-0.15, -0.1) is 0 Å². The molecule has 0 amide bonds. The highest BCUT2D eigenvalue weighted by Crippen LogP contribution is 2.17. The molecule has 1 aliphatic heterocycles. The van der Waals surface area contributed by atoms with Gasteiger partial charge >= 0.3 is 0 Å². The lowest BCUT2D eigenvalue weighted by Gasteiger charge is -2.36. The van der Waals surface area contributed by atoms with Gasteiger partial charge in [0.25, 0.3) is 0 Å². The van der Waals surface area contributed by atoms with Crippen LogP contribution in [0.3, 0.4) is 0 Å². The molecule has 1 aliphatic rings. The van der Waals surface area contributed by atoms with Crippen LogP contribution in [0, 0.1) is 5.92 Å². The molecule has 0 radical (unpaired) electrons. The highest BCUT2D eigenvalue weighted by molar-refractivity contribution is 7.80. The third-order valence-electron chi connectivity index (χ3n) is 2.95. The maximum atomic E-state index is 9.21. The first-order chi connectivity index (χ1) is 6.65. The Morgan fingerprint density at radius 2 is 2.36 bits per heavy atom. The van der Waals surface area contributed by atoms with Crippen LogP contribution in [0.2, 0.25) is 0 Å². The molecule has 14 heavy (non-hydrogen) atoms. The van der Waals surface area contributed by atoms with Crippen molar-refractivity contribution in [3.05, 3.63) is 0 Å². The van der Waals surface area contributed by atoms with Gasteiger partial charge in [-0.25, -0.2) is 0 Å². The third-order valence-corrected chi connectivity index (χ3v) is 3.36. The van der Waals surface area contributed by atoms with Crippen LogP contribution in [-0.2, 0) is 0 Å². The molecule has 3 N–H and O–H groups in total. The van der Waals surface area contributed by atoms with Gasteiger partial charge in [0.15, 0.2) is 0 Å². The van der Waals surface area contributed by atoms with E-state index in [1.807, 2.05) is 6.92 Å². The van der Waals surface area contributed by atoms with Gasteiger partial charge in [-0.3, -0.25) is 4.90 Å². The summed E-state index contributed by atoms with van der Waals surface area (Å²) in [5.74, 6) is 0.247. The van der Waals surface area contributed by atoms with E-state index in [2.05, 4.69) is 4.90 Å². The van der Waals surface area contributed by atoms with Gasteiger partial charge in [-0.2, -0.15) is 0 Å². The molecule has 3 nitrogen and oxygen atoms in total. The molecule has 1 fully saturated rings. The van der Waals surface area contributed by atoms with E-state index >= 15 is 0 Å². The Labute approximate surface area is 91.3 Å². The Morgan fingerprint density at radius 1 is 1.64 bits per heavy atom. The number of hydrogen-bond donors (Lipinski definition) is 2. The summed E-state index contributed by atoms with van der Waals surface area (Å²) >= 11 is 4.95. The number of thiocarbonyl (C=S) groups is 1. The fraction of sp³-hybridized carbons (Fsp3) is 0.900. The van der Waals surface area contributed by atoms with E-state index in [-0.39, 0.29) is 12.5 Å². The Balaban J connectivity index is 2.44. The molecule has 1 heterocycles. The smallest absolute Gasteiger partial charge is 0.0768 e. The minimum absolute atomic E-state index is 0.247. The summed E-state index contributed by atoms with van der Waals surface area (Å²) < 4.78 is 0. The molecular formula is C10H20N2OS. The highest BCUT2D eigenvalue weighted by Gasteiger charge is 2.23. The zero-order chi connectivity index (χ0) is 10.6. The van der Waals surface area contributed by atoms with Gasteiger partial charge in [-0.1, -0.05) is 25.6 Å². The number of nitrogens with two attached hydrogens (primary N) is 1. The predicted octanol–water partition coefficient (Wildman–Crippen LogP) is 0.755. The number of nitrogens with zero attached hydrogens (tertiary/aromatic N) is 1. The van der Waals surface area contributed by atoms with Crippen LogP contribution in [0.5, 0.6) is 0 Å². The quantitative estimate of drug-likeness (QED) is 0.681. The average Bonchev–Trinajstić information content (AvgIpc) is 2.18. The average molecular weight is 216 g/mol. The van der Waals surface area contributed by atoms with Gasteiger partial charge < -0.3 is 10.8 Å². The molecule has 0 aromatic carbocycles. The van der Waals surface area contributed by atoms with E-state index in [1.54, 1.807) is 0 Å². The van der Waals surface area contributed by atoms with Gasteiger partial charge in [0.1, 0.15) is 0 Å². The Morgan fingerprint density at radius 3 is 2.93 bits per heavy atom. The maximum absolute atomic E-state index is 9.21. The summed E-state index contributed by atoms with van der Waals surface area (Å²) in [4.78, 5) is 2.89. The molecule has 0 aliphatic carbocycles. The lowest BCUT2D eigenvalue weighted by Crippen LogP contribution is -2.45. The number of likely N-dealkylation sites (tertiary alicyclic amines) is 1. The summed E-state index contributed by atoms with van der Waals surface area (Å²) in [6, 6.07) is 0.320. The molecular weight excluding hydrogens is 196 g/mol. The molecule has 0 aromatic heterocycles. The molecule has 0 saturated carbocycles. The maximum Gasteiger partial charge on any atom is 0.0768 e. The largest absolute Gasteiger partial charge is 0.395 e. The second kappa shape index (κ2) is 5.63. The monoisotopic (exact) mass is 216 g/mol. The summed E-state index contributed by atoms with van der Waals surface area (Å²) in [6.07, 6.45) is 3.55. The van der Waals surface area contributed by atoms with Gasteiger partial charge in [0.05, 0.1) is 11.6 Å². The van der Waals surface area contributed by atoms with Crippen LogP contribution in [-0.4, -0.2) is 40.7 Å². The molecule has 2 unspecified atom stereocenters. The van der Waals surface area contributed by atoms with Crippen molar-refractivity contribution in [2.75, 3.05) is 19.7 Å². The van der Waals surface area contributed by atoms with Crippen LogP contribution in [0.1, 0.15) is 26.2 Å². The molecule has 1 saturated heterocycles. The lowest BCUT2D eigenvalue weighted by atomic mass is 10.0. The number of aliphatic hydroxyl groups is 1. The van der Waals surface area contributed by atoms with Crippen molar-refractivity contribution in [3.8, 4) is 0 Å². The second-order valence-electron chi connectivity index (χ2n) is 4.13. The number of aliphatic hydroxyl groups excluding tert-OH is 1. The number of piperidine rings is 1. The van der Waals surface area contributed by atoms with Crippen LogP contribution < -0.4 is 5.73 Å². The molecule has 0 spiro atoms. The van der Waals surface area contributed by atoms with E-state index in [4.69, 9.17) is 18.0 Å². The van der Waals surface area contributed by atoms with Gasteiger partial charge in [0, 0.05) is 18.5 Å². The standard InChI is InChI=1S/C10H20N2OS/c1-8(10(11)14)6-12-5-3-2-4-9(12)7-13/h8-9,13H,2-7H2,1H3,(H2,11,14). The highest BCUT2D eigenvalue weighted by atomic mass is 32.1. The first-order valence-electron chi connectivity index (χ1n) is 5.29. The molecule has 0 aromatic rings. The Kier molecular flexibility index (Phi) is 4.78. The summed E-state index contributed by atoms with van der Waals surface area (Å²) in [6.45, 7) is 4.26. The topological polar surface area (TPSA) is 49.5 Å². The first kappa shape index (κ1) is 11.9. The summed E-state index contributed by atoms with van der Waals surface area (Å²) in [7, 11) is 0. The summed E-state index contributed by atoms with van der Waals surface area (Å²) in [5.41, 5.74) is 5.58. The fourth-order valence-corrected chi connectivity index (χ4v) is 2.02. The van der Waals surface area contributed by atoms with Crippen molar-refractivity contribution in [1.29, 1.82) is 0 Å². The SMILES string of the molecule is CC(CN1CCCCC1CO)C(N)=S. The third kappa shape index (κ3) is 3.19. The number of rotatable bonds is 4. The van der Waals surface area contributed by atoms with E-state index in [0.29, 0.717) is 11.0 Å². The molecule has 2 atom stereocenters. The van der Waals surface area contributed by atoms with Crippen molar-refractivity contribution in [3.63, 3.8) is 0 Å². The Hall–Kier alpha value is -0.190. The minimum Gasteiger partial charge on any atom is -0.395 e. The Bertz CT molecular complexity index is 199. The fourth-order valence-electron chi connectivity index (χ4n) is 1.95. The van der Waals surface area contributed by atoms with E-state index in [9.17, 15) is 5.11 Å². The normalized spacial score (nSPS) is 26.0. The van der Waals surface area contributed by atoms with Crippen LogP contribution in [0.15, 0.2) is 0 Å². The molecule has 0 bridgehead atoms. The van der Waals surface area contributed by atoms with Crippen molar-refractivity contribution < 1.29 is 5.11 Å². The minimum atomic E-state index is 0.247. The molecule has 1 rings (SSSR count). The van der Waals surface area contributed by atoms with Crippen LogP contribution >= 0.6 is 12.2 Å². The van der Waals surface area contributed by atoms with Crippen molar-refractivity contribution in [1.82, 2.24) is 4.90 Å². The van der Waals surface area contributed by atoms with Crippen LogP contribution in [0.25, 0.3) is 0 Å². The molecule has 4 heteroatoms.